The molecule has 26 heavy (non-hydrogen) atoms. The van der Waals surface area contributed by atoms with Crippen LogP contribution in [0.3, 0.4) is 0 Å². The third kappa shape index (κ3) is 4.12. The first-order valence-electron chi connectivity index (χ1n) is 10.3. The normalized spacial score (nSPS) is 24.6. The number of nitrogens with one attached hydrogen (secondary N) is 1. The van der Waals surface area contributed by atoms with Gasteiger partial charge in [-0.05, 0) is 62.4 Å². The van der Waals surface area contributed by atoms with Crippen LogP contribution in [0, 0.1) is 5.92 Å². The van der Waals surface area contributed by atoms with Crippen LogP contribution in [0.1, 0.15) is 50.5 Å². The number of nitrogens with zero attached hydrogens (tertiary/aromatic N) is 1. The number of hydrogen-bond acceptors (Lipinski definition) is 3. The lowest BCUT2D eigenvalue weighted by molar-refractivity contribution is -0.121. The van der Waals surface area contributed by atoms with E-state index in [2.05, 4.69) is 10.2 Å². The first kappa shape index (κ1) is 17.6. The average Bonchev–Trinajstić information content (AvgIpc) is 3.14. The van der Waals surface area contributed by atoms with E-state index in [4.69, 9.17) is 4.42 Å². The van der Waals surface area contributed by atoms with Crippen LogP contribution in [-0.2, 0) is 11.2 Å². The highest BCUT2D eigenvalue weighted by atomic mass is 16.3. The summed E-state index contributed by atoms with van der Waals surface area (Å²) in [6, 6.07) is 8.24. The molecule has 4 nitrogen and oxygen atoms in total. The second kappa shape index (κ2) is 8.26. The average molecular weight is 354 g/mol. The van der Waals surface area contributed by atoms with E-state index < -0.39 is 0 Å². The minimum absolute atomic E-state index is 0.147. The van der Waals surface area contributed by atoms with Crippen molar-refractivity contribution in [3.8, 4) is 0 Å². The summed E-state index contributed by atoms with van der Waals surface area (Å²) in [7, 11) is 0. The Morgan fingerprint density at radius 3 is 2.81 bits per heavy atom. The first-order valence-corrected chi connectivity index (χ1v) is 10.3. The van der Waals surface area contributed by atoms with Crippen molar-refractivity contribution in [2.75, 3.05) is 19.6 Å². The van der Waals surface area contributed by atoms with E-state index in [-0.39, 0.29) is 5.91 Å². The van der Waals surface area contributed by atoms with Gasteiger partial charge in [0.15, 0.2) is 0 Å². The molecule has 2 aliphatic rings. The number of fused-ring (bicyclic) bond motifs is 1. The third-order valence-corrected chi connectivity index (χ3v) is 6.13. The van der Waals surface area contributed by atoms with Gasteiger partial charge in [0, 0.05) is 18.0 Å². The van der Waals surface area contributed by atoms with Crippen molar-refractivity contribution < 1.29 is 9.21 Å². The Morgan fingerprint density at radius 1 is 1.08 bits per heavy atom. The Labute approximate surface area is 155 Å². The molecule has 0 bridgehead atoms. The number of carbonyl (C=O) groups excluding carboxylic acids is 1. The molecule has 2 atom stereocenters. The monoisotopic (exact) mass is 354 g/mol. The predicted molar refractivity (Wildman–Crippen MR) is 104 cm³/mol. The van der Waals surface area contributed by atoms with Crippen molar-refractivity contribution in [3.63, 3.8) is 0 Å². The Morgan fingerprint density at radius 2 is 1.92 bits per heavy atom. The number of carbonyl (C=O) groups is 1. The molecule has 0 unspecified atom stereocenters. The molecular weight excluding hydrogens is 324 g/mol. The summed E-state index contributed by atoms with van der Waals surface area (Å²) in [5.74, 6) is 0.754. The molecule has 2 heterocycles. The van der Waals surface area contributed by atoms with E-state index in [0.717, 1.165) is 29.5 Å². The van der Waals surface area contributed by atoms with E-state index in [0.29, 0.717) is 18.4 Å². The number of rotatable bonds is 5. The molecular formula is C22H30N2O2. The van der Waals surface area contributed by atoms with Crippen molar-refractivity contribution in [1.82, 2.24) is 10.2 Å². The lowest BCUT2D eigenvalue weighted by atomic mass is 9.83. The maximum Gasteiger partial charge on any atom is 0.224 e. The SMILES string of the molecule is O=C(Cc1cccc2occc12)N[C@@H]1CCCC[C@H]1CN1CCCCC1. The van der Waals surface area contributed by atoms with Gasteiger partial charge in [-0.25, -0.2) is 0 Å². The summed E-state index contributed by atoms with van der Waals surface area (Å²) in [6.07, 6.45) is 11.1. The van der Waals surface area contributed by atoms with Gasteiger partial charge in [0.2, 0.25) is 5.91 Å². The highest BCUT2D eigenvalue weighted by Crippen LogP contribution is 2.27. The fourth-order valence-electron chi connectivity index (χ4n) is 4.73. The maximum absolute atomic E-state index is 12.7. The Kier molecular flexibility index (Phi) is 5.59. The largest absolute Gasteiger partial charge is 0.464 e. The fraction of sp³-hybridized carbons (Fsp3) is 0.591. The molecule has 1 aliphatic heterocycles. The molecule has 0 spiro atoms. The van der Waals surface area contributed by atoms with E-state index >= 15 is 0 Å². The minimum atomic E-state index is 0.147. The zero-order chi connectivity index (χ0) is 17.8. The fourth-order valence-corrected chi connectivity index (χ4v) is 4.73. The highest BCUT2D eigenvalue weighted by molar-refractivity contribution is 5.87. The van der Waals surface area contributed by atoms with Crippen molar-refractivity contribution in [2.45, 2.75) is 57.4 Å². The zero-order valence-electron chi connectivity index (χ0n) is 15.6. The molecule has 1 N–H and O–H groups in total. The van der Waals surface area contributed by atoms with Gasteiger partial charge in [-0.3, -0.25) is 4.79 Å². The minimum Gasteiger partial charge on any atom is -0.464 e. The molecule has 140 valence electrons. The molecule has 1 aromatic heterocycles. The summed E-state index contributed by atoms with van der Waals surface area (Å²) in [4.78, 5) is 15.3. The molecule has 1 amide bonds. The first-order chi connectivity index (χ1) is 12.8. The Balaban J connectivity index is 1.37. The number of furan rings is 1. The van der Waals surface area contributed by atoms with Crippen LogP contribution in [0.5, 0.6) is 0 Å². The summed E-state index contributed by atoms with van der Waals surface area (Å²) in [6.45, 7) is 3.63. The van der Waals surface area contributed by atoms with E-state index in [1.807, 2.05) is 24.3 Å². The summed E-state index contributed by atoms with van der Waals surface area (Å²) in [5.41, 5.74) is 1.91. The van der Waals surface area contributed by atoms with Crippen LogP contribution in [-0.4, -0.2) is 36.5 Å². The summed E-state index contributed by atoms with van der Waals surface area (Å²) >= 11 is 0. The van der Waals surface area contributed by atoms with Gasteiger partial charge in [0.25, 0.3) is 0 Å². The van der Waals surface area contributed by atoms with Gasteiger partial charge in [0.1, 0.15) is 5.58 Å². The molecule has 1 saturated heterocycles. The van der Waals surface area contributed by atoms with Crippen LogP contribution in [0.4, 0.5) is 0 Å². The molecule has 1 aromatic carbocycles. The second-order valence-electron chi connectivity index (χ2n) is 8.01. The molecule has 4 heteroatoms. The topological polar surface area (TPSA) is 45.5 Å². The molecule has 1 saturated carbocycles. The van der Waals surface area contributed by atoms with Crippen LogP contribution < -0.4 is 5.32 Å². The van der Waals surface area contributed by atoms with Crippen LogP contribution >= 0.6 is 0 Å². The zero-order valence-corrected chi connectivity index (χ0v) is 15.6. The van der Waals surface area contributed by atoms with Gasteiger partial charge in [0.05, 0.1) is 12.7 Å². The smallest absolute Gasteiger partial charge is 0.224 e. The van der Waals surface area contributed by atoms with Gasteiger partial charge in [-0.1, -0.05) is 31.4 Å². The molecule has 1 aliphatic carbocycles. The van der Waals surface area contributed by atoms with Gasteiger partial charge in [-0.15, -0.1) is 0 Å². The molecule has 2 fully saturated rings. The van der Waals surface area contributed by atoms with Crippen molar-refractivity contribution in [1.29, 1.82) is 0 Å². The van der Waals surface area contributed by atoms with Gasteiger partial charge in [-0.2, -0.15) is 0 Å². The Hall–Kier alpha value is -1.81. The number of amides is 1. The predicted octanol–water partition coefficient (Wildman–Crippen LogP) is 4.14. The van der Waals surface area contributed by atoms with E-state index in [1.165, 1.54) is 51.6 Å². The van der Waals surface area contributed by atoms with Crippen molar-refractivity contribution >= 4 is 16.9 Å². The standard InChI is InChI=1S/C22H30N2O2/c25-22(15-17-8-6-10-21-19(17)11-14-26-21)23-20-9-3-2-7-18(20)16-24-12-4-1-5-13-24/h6,8,10-11,14,18,20H,1-5,7,9,12-13,15-16H2,(H,23,25)/t18-,20+/m0/s1. The number of benzene rings is 1. The highest BCUT2D eigenvalue weighted by Gasteiger charge is 2.28. The maximum atomic E-state index is 12.7. The van der Waals surface area contributed by atoms with E-state index in [9.17, 15) is 4.79 Å². The third-order valence-electron chi connectivity index (χ3n) is 6.13. The van der Waals surface area contributed by atoms with Crippen molar-refractivity contribution in [3.05, 3.63) is 36.1 Å². The van der Waals surface area contributed by atoms with Gasteiger partial charge < -0.3 is 14.6 Å². The summed E-state index contributed by atoms with van der Waals surface area (Å²) in [5, 5.41) is 4.42. The molecule has 2 aromatic rings. The quantitative estimate of drug-likeness (QED) is 0.878. The lowest BCUT2D eigenvalue weighted by Crippen LogP contribution is -2.47. The van der Waals surface area contributed by atoms with Crippen LogP contribution in [0.25, 0.3) is 11.0 Å². The molecule has 4 rings (SSSR count). The number of hydrogen-bond donors (Lipinski definition) is 1. The van der Waals surface area contributed by atoms with Crippen molar-refractivity contribution in [2.24, 2.45) is 5.92 Å². The van der Waals surface area contributed by atoms with Gasteiger partial charge >= 0.3 is 0 Å². The number of piperidine rings is 1. The summed E-state index contributed by atoms with van der Waals surface area (Å²) < 4.78 is 5.45. The van der Waals surface area contributed by atoms with Crippen LogP contribution in [0.2, 0.25) is 0 Å². The Bertz CT molecular complexity index is 733. The second-order valence-corrected chi connectivity index (χ2v) is 8.01. The van der Waals surface area contributed by atoms with Crippen LogP contribution in [0.15, 0.2) is 34.9 Å². The van der Waals surface area contributed by atoms with E-state index in [1.54, 1.807) is 6.26 Å². The lowest BCUT2D eigenvalue weighted by Gasteiger charge is -2.37. The molecule has 0 radical (unpaired) electrons. The number of likely N-dealkylation sites (tertiary alicyclic amines) is 1.